The minimum absolute atomic E-state index is 0.203. The summed E-state index contributed by atoms with van der Waals surface area (Å²) < 4.78 is 0. The van der Waals surface area contributed by atoms with Crippen LogP contribution in [0, 0.1) is 0 Å². The normalized spacial score (nSPS) is 11.5. The Kier molecular flexibility index (Phi) is 5.73. The van der Waals surface area contributed by atoms with Crippen molar-refractivity contribution in [2.45, 2.75) is 39.0 Å². The summed E-state index contributed by atoms with van der Waals surface area (Å²) in [5.74, 6) is 0.981. The van der Waals surface area contributed by atoms with Crippen LogP contribution in [0.4, 0.5) is 0 Å². The summed E-state index contributed by atoms with van der Waals surface area (Å²) in [5, 5.41) is 8.52. The van der Waals surface area contributed by atoms with E-state index in [-0.39, 0.29) is 11.8 Å². The topological polar surface area (TPSA) is 37.3 Å². The second-order valence-electron chi connectivity index (χ2n) is 5.45. The molecule has 0 amide bonds. The van der Waals surface area contributed by atoms with Gasteiger partial charge in [-0.05, 0) is 28.7 Å². The Morgan fingerprint density at radius 2 is 1.78 bits per heavy atom. The molecule has 0 atom stereocenters. The van der Waals surface area contributed by atoms with Gasteiger partial charge in [-0.25, -0.2) is 0 Å². The van der Waals surface area contributed by atoms with Gasteiger partial charge in [-0.15, -0.1) is 0 Å². The second kappa shape index (κ2) is 6.83. The highest BCUT2D eigenvalue weighted by Gasteiger charge is 2.12. The van der Waals surface area contributed by atoms with E-state index < -0.39 is 5.97 Å². The molecular weight excluding hydrogens is 244 g/mol. The van der Waals surface area contributed by atoms with Gasteiger partial charge in [-0.1, -0.05) is 45.0 Å². The molecule has 1 aromatic rings. The molecule has 0 radical (unpaired) electrons. The monoisotopic (exact) mass is 266 g/mol. The Morgan fingerprint density at radius 1 is 1.17 bits per heavy atom. The molecule has 0 aromatic heterocycles. The van der Waals surface area contributed by atoms with Gasteiger partial charge >= 0.3 is 5.97 Å². The van der Waals surface area contributed by atoms with Gasteiger partial charge in [0.2, 0.25) is 0 Å². The van der Waals surface area contributed by atoms with E-state index >= 15 is 0 Å². The standard InChI is InChI=1S/C15H22O2S/c1-15(2,3)13-6-4-12(5-7-13)8-10-18-11-9-14(16)17/h4-7H,8-11H2,1-3H3,(H,16,17). The number of hydrogen-bond donors (Lipinski definition) is 1. The number of carbonyl (C=O) groups is 1. The molecule has 0 aliphatic carbocycles. The summed E-state index contributed by atoms with van der Waals surface area (Å²) in [7, 11) is 0. The Hall–Kier alpha value is -0.960. The molecule has 0 saturated heterocycles. The zero-order chi connectivity index (χ0) is 13.6. The molecule has 1 N–H and O–H groups in total. The van der Waals surface area contributed by atoms with E-state index in [1.165, 1.54) is 11.1 Å². The maximum atomic E-state index is 10.4. The van der Waals surface area contributed by atoms with E-state index in [1.54, 1.807) is 11.8 Å². The third-order valence-electron chi connectivity index (χ3n) is 2.82. The lowest BCUT2D eigenvalue weighted by Gasteiger charge is -2.19. The van der Waals surface area contributed by atoms with Gasteiger partial charge in [0, 0.05) is 5.75 Å². The van der Waals surface area contributed by atoms with Gasteiger partial charge in [0.1, 0.15) is 0 Å². The minimum atomic E-state index is -0.711. The van der Waals surface area contributed by atoms with Gasteiger partial charge in [0.05, 0.1) is 6.42 Å². The summed E-state index contributed by atoms with van der Waals surface area (Å²) in [4.78, 5) is 10.4. The van der Waals surface area contributed by atoms with Crippen molar-refractivity contribution >= 4 is 17.7 Å². The summed E-state index contributed by atoms with van der Waals surface area (Å²) in [5.41, 5.74) is 2.88. The average molecular weight is 266 g/mol. The number of rotatable bonds is 6. The first-order valence-corrected chi connectivity index (χ1v) is 7.44. The molecule has 0 unspecified atom stereocenters. The van der Waals surface area contributed by atoms with Crippen LogP contribution in [0.3, 0.4) is 0 Å². The molecule has 18 heavy (non-hydrogen) atoms. The van der Waals surface area contributed by atoms with Gasteiger partial charge in [-0.2, -0.15) is 11.8 Å². The molecule has 0 spiro atoms. The second-order valence-corrected chi connectivity index (χ2v) is 6.68. The molecule has 0 aliphatic heterocycles. The van der Waals surface area contributed by atoms with Crippen LogP contribution in [0.15, 0.2) is 24.3 Å². The van der Waals surface area contributed by atoms with Crippen LogP contribution in [0.2, 0.25) is 0 Å². The van der Waals surface area contributed by atoms with E-state index in [4.69, 9.17) is 5.11 Å². The Labute approximate surface area is 114 Å². The summed E-state index contributed by atoms with van der Waals surface area (Å²) in [6, 6.07) is 8.74. The number of thioether (sulfide) groups is 1. The number of carboxylic acids is 1. The third kappa shape index (κ3) is 5.58. The molecule has 0 heterocycles. The van der Waals surface area contributed by atoms with Gasteiger partial charge in [-0.3, -0.25) is 4.79 Å². The predicted molar refractivity (Wildman–Crippen MR) is 78.4 cm³/mol. The van der Waals surface area contributed by atoms with Crippen LogP contribution < -0.4 is 0 Å². The van der Waals surface area contributed by atoms with E-state index in [9.17, 15) is 4.79 Å². The average Bonchev–Trinajstić information content (AvgIpc) is 2.27. The minimum Gasteiger partial charge on any atom is -0.481 e. The zero-order valence-electron chi connectivity index (χ0n) is 11.4. The largest absolute Gasteiger partial charge is 0.481 e. The lowest BCUT2D eigenvalue weighted by atomic mass is 9.86. The van der Waals surface area contributed by atoms with E-state index in [2.05, 4.69) is 45.0 Å². The smallest absolute Gasteiger partial charge is 0.304 e. The van der Waals surface area contributed by atoms with Crippen molar-refractivity contribution in [3.8, 4) is 0 Å². The van der Waals surface area contributed by atoms with Crippen molar-refractivity contribution in [1.29, 1.82) is 0 Å². The predicted octanol–water partition coefficient (Wildman–Crippen LogP) is 3.73. The third-order valence-corrected chi connectivity index (χ3v) is 3.80. The van der Waals surface area contributed by atoms with Crippen LogP contribution in [0.1, 0.15) is 38.3 Å². The van der Waals surface area contributed by atoms with Crippen LogP contribution in [-0.2, 0) is 16.6 Å². The Bertz CT molecular complexity index is 376. The fourth-order valence-corrected chi connectivity index (χ4v) is 2.53. The van der Waals surface area contributed by atoms with Crippen LogP contribution >= 0.6 is 11.8 Å². The zero-order valence-corrected chi connectivity index (χ0v) is 12.2. The van der Waals surface area contributed by atoms with Crippen LogP contribution in [-0.4, -0.2) is 22.6 Å². The van der Waals surface area contributed by atoms with Gasteiger partial charge in [0.15, 0.2) is 0 Å². The number of carboxylic acid groups (broad SMARTS) is 1. The molecule has 3 heteroatoms. The van der Waals surface area contributed by atoms with Gasteiger partial charge < -0.3 is 5.11 Å². The van der Waals surface area contributed by atoms with Crippen LogP contribution in [0.5, 0.6) is 0 Å². The maximum Gasteiger partial charge on any atom is 0.304 e. The van der Waals surface area contributed by atoms with Crippen molar-refractivity contribution in [1.82, 2.24) is 0 Å². The molecule has 0 bridgehead atoms. The lowest BCUT2D eigenvalue weighted by Crippen LogP contribution is -2.10. The number of aryl methyl sites for hydroxylation is 1. The molecular formula is C15H22O2S. The van der Waals surface area contributed by atoms with E-state index in [0.29, 0.717) is 5.75 Å². The van der Waals surface area contributed by atoms with Crippen molar-refractivity contribution in [2.75, 3.05) is 11.5 Å². The van der Waals surface area contributed by atoms with Crippen molar-refractivity contribution < 1.29 is 9.90 Å². The molecule has 0 aliphatic rings. The van der Waals surface area contributed by atoms with Crippen molar-refractivity contribution in [3.05, 3.63) is 35.4 Å². The molecule has 1 rings (SSSR count). The number of aliphatic carboxylic acids is 1. The molecule has 0 fully saturated rings. The number of hydrogen-bond acceptors (Lipinski definition) is 2. The fraction of sp³-hybridized carbons (Fsp3) is 0.533. The lowest BCUT2D eigenvalue weighted by molar-refractivity contribution is -0.136. The first kappa shape index (κ1) is 15.1. The number of benzene rings is 1. The van der Waals surface area contributed by atoms with Gasteiger partial charge in [0.25, 0.3) is 0 Å². The van der Waals surface area contributed by atoms with E-state index in [0.717, 1.165) is 12.2 Å². The molecule has 1 aromatic carbocycles. The van der Waals surface area contributed by atoms with E-state index in [1.807, 2.05) is 0 Å². The molecule has 2 nitrogen and oxygen atoms in total. The maximum absolute atomic E-state index is 10.4. The van der Waals surface area contributed by atoms with Crippen molar-refractivity contribution in [2.24, 2.45) is 0 Å². The highest BCUT2D eigenvalue weighted by molar-refractivity contribution is 7.99. The molecule has 100 valence electrons. The Morgan fingerprint density at radius 3 is 2.28 bits per heavy atom. The molecule has 0 saturated carbocycles. The summed E-state index contributed by atoms with van der Waals surface area (Å²) in [6.45, 7) is 6.64. The highest BCUT2D eigenvalue weighted by atomic mass is 32.2. The van der Waals surface area contributed by atoms with Crippen LogP contribution in [0.25, 0.3) is 0 Å². The Balaban J connectivity index is 2.33. The first-order chi connectivity index (χ1) is 8.39. The quantitative estimate of drug-likeness (QED) is 0.797. The summed E-state index contributed by atoms with van der Waals surface area (Å²) in [6.07, 6.45) is 1.27. The SMILES string of the molecule is CC(C)(C)c1ccc(CCSCCC(=O)O)cc1. The first-order valence-electron chi connectivity index (χ1n) is 6.28. The highest BCUT2D eigenvalue weighted by Crippen LogP contribution is 2.22. The van der Waals surface area contributed by atoms with Crippen molar-refractivity contribution in [3.63, 3.8) is 0 Å². The fourth-order valence-electron chi connectivity index (χ4n) is 1.62. The summed E-state index contributed by atoms with van der Waals surface area (Å²) >= 11 is 1.71.